The zero-order chi connectivity index (χ0) is 16.9. The Labute approximate surface area is 128 Å². The fourth-order valence-corrected chi connectivity index (χ4v) is 1.54. The van der Waals surface area contributed by atoms with Crippen LogP contribution in [0.15, 0.2) is 47.1 Å². The van der Waals surface area contributed by atoms with Gasteiger partial charge in [-0.2, -0.15) is 13.2 Å². The van der Waals surface area contributed by atoms with Gasteiger partial charge in [-0.15, -0.1) is 0 Å². The van der Waals surface area contributed by atoms with Crippen LogP contribution >= 0.6 is 0 Å². The first kappa shape index (κ1) is 16.4. The highest BCUT2D eigenvalue weighted by Crippen LogP contribution is 2.31. The first-order chi connectivity index (χ1) is 10.9. The van der Waals surface area contributed by atoms with Gasteiger partial charge in [0, 0.05) is 0 Å². The van der Waals surface area contributed by atoms with Crippen LogP contribution in [0.3, 0.4) is 0 Å². The molecule has 122 valence electrons. The van der Waals surface area contributed by atoms with Gasteiger partial charge in [0.2, 0.25) is 0 Å². The number of halogens is 3. The van der Waals surface area contributed by atoms with Gasteiger partial charge in [0.15, 0.2) is 12.4 Å². The van der Waals surface area contributed by atoms with Gasteiger partial charge in [-0.3, -0.25) is 20.4 Å². The van der Waals surface area contributed by atoms with Crippen molar-refractivity contribution in [1.82, 2.24) is 10.9 Å². The number of ether oxygens (including phenoxy) is 1. The maximum atomic E-state index is 12.5. The van der Waals surface area contributed by atoms with E-state index in [9.17, 15) is 22.8 Å². The first-order valence-corrected chi connectivity index (χ1v) is 6.29. The summed E-state index contributed by atoms with van der Waals surface area (Å²) in [5, 5.41) is 0. The number of hydrazine groups is 1. The van der Waals surface area contributed by atoms with Crippen LogP contribution < -0.4 is 15.6 Å². The summed E-state index contributed by atoms with van der Waals surface area (Å²) in [6, 6.07) is 6.98. The van der Waals surface area contributed by atoms with Gasteiger partial charge in [-0.1, -0.05) is 6.07 Å². The van der Waals surface area contributed by atoms with Gasteiger partial charge >= 0.3 is 12.1 Å². The van der Waals surface area contributed by atoms with Crippen molar-refractivity contribution in [3.8, 4) is 5.75 Å². The van der Waals surface area contributed by atoms with E-state index in [1.165, 1.54) is 24.5 Å². The first-order valence-electron chi connectivity index (χ1n) is 6.29. The molecule has 0 saturated heterocycles. The summed E-state index contributed by atoms with van der Waals surface area (Å²) in [7, 11) is 0. The fraction of sp³-hybridized carbons (Fsp3) is 0.143. The van der Waals surface area contributed by atoms with Crippen LogP contribution in [0.5, 0.6) is 5.75 Å². The third kappa shape index (κ3) is 4.77. The molecule has 6 nitrogen and oxygen atoms in total. The van der Waals surface area contributed by atoms with Gasteiger partial charge in [0.1, 0.15) is 5.75 Å². The number of benzene rings is 1. The molecule has 0 unspecified atom stereocenters. The van der Waals surface area contributed by atoms with Crippen molar-refractivity contribution in [1.29, 1.82) is 0 Å². The Morgan fingerprint density at radius 2 is 1.91 bits per heavy atom. The SMILES string of the molecule is O=C(COc1cccc(C(F)(F)F)c1)NNC(=O)c1ccco1. The number of furan rings is 1. The quantitative estimate of drug-likeness (QED) is 0.843. The predicted octanol–water partition coefficient (Wildman–Crippen LogP) is 2.14. The van der Waals surface area contributed by atoms with Crippen molar-refractivity contribution < 1.29 is 31.9 Å². The molecule has 23 heavy (non-hydrogen) atoms. The Morgan fingerprint density at radius 1 is 1.13 bits per heavy atom. The van der Waals surface area contributed by atoms with E-state index in [1.54, 1.807) is 0 Å². The third-order valence-electron chi connectivity index (χ3n) is 2.59. The number of nitrogens with one attached hydrogen (secondary N) is 2. The van der Waals surface area contributed by atoms with E-state index in [1.807, 2.05) is 5.43 Å². The van der Waals surface area contributed by atoms with Crippen molar-refractivity contribution in [3.63, 3.8) is 0 Å². The molecule has 0 spiro atoms. The van der Waals surface area contributed by atoms with Crippen molar-refractivity contribution in [2.24, 2.45) is 0 Å². The van der Waals surface area contributed by atoms with Crippen LogP contribution in [-0.4, -0.2) is 18.4 Å². The molecule has 2 rings (SSSR count). The molecule has 0 atom stereocenters. The maximum Gasteiger partial charge on any atom is 0.416 e. The van der Waals surface area contributed by atoms with Crippen molar-refractivity contribution in [3.05, 3.63) is 54.0 Å². The van der Waals surface area contributed by atoms with Crippen LogP contribution in [-0.2, 0) is 11.0 Å². The van der Waals surface area contributed by atoms with E-state index in [0.29, 0.717) is 0 Å². The zero-order valence-corrected chi connectivity index (χ0v) is 11.5. The van der Waals surface area contributed by atoms with Crippen LogP contribution in [0.4, 0.5) is 13.2 Å². The molecule has 0 aliphatic rings. The lowest BCUT2D eigenvalue weighted by Gasteiger charge is -2.10. The van der Waals surface area contributed by atoms with Crippen LogP contribution in [0.1, 0.15) is 16.1 Å². The normalized spacial score (nSPS) is 10.9. The zero-order valence-electron chi connectivity index (χ0n) is 11.5. The van der Waals surface area contributed by atoms with E-state index >= 15 is 0 Å². The molecular formula is C14H11F3N2O4. The van der Waals surface area contributed by atoms with E-state index < -0.39 is 30.2 Å². The standard InChI is InChI=1S/C14H11F3N2O4/c15-14(16,17)9-3-1-4-10(7-9)23-8-12(20)18-19-13(21)11-5-2-6-22-11/h1-7H,8H2,(H,18,20)(H,19,21). The highest BCUT2D eigenvalue weighted by atomic mass is 19.4. The van der Waals surface area contributed by atoms with Crippen LogP contribution in [0.25, 0.3) is 0 Å². The highest BCUT2D eigenvalue weighted by molar-refractivity contribution is 5.92. The van der Waals surface area contributed by atoms with Crippen LogP contribution in [0.2, 0.25) is 0 Å². The third-order valence-corrected chi connectivity index (χ3v) is 2.59. The van der Waals surface area contributed by atoms with E-state index in [2.05, 4.69) is 5.43 Å². The lowest BCUT2D eigenvalue weighted by molar-refractivity contribution is -0.137. The Balaban J connectivity index is 1.82. The van der Waals surface area contributed by atoms with Gasteiger partial charge in [0.05, 0.1) is 11.8 Å². The average Bonchev–Trinajstić information content (AvgIpc) is 3.04. The van der Waals surface area contributed by atoms with Crippen molar-refractivity contribution in [2.75, 3.05) is 6.61 Å². The molecule has 0 aliphatic heterocycles. The number of carbonyl (C=O) groups excluding carboxylic acids is 2. The second kappa shape index (κ2) is 6.86. The maximum absolute atomic E-state index is 12.5. The van der Waals surface area contributed by atoms with Gasteiger partial charge in [-0.25, -0.2) is 0 Å². The molecule has 1 heterocycles. The molecule has 0 saturated carbocycles. The lowest BCUT2D eigenvalue weighted by Crippen LogP contribution is -2.43. The van der Waals surface area contributed by atoms with Crippen molar-refractivity contribution >= 4 is 11.8 Å². The van der Waals surface area contributed by atoms with E-state index in [0.717, 1.165) is 18.2 Å². The molecule has 9 heteroatoms. The Hall–Kier alpha value is -2.97. The van der Waals surface area contributed by atoms with Gasteiger partial charge in [0.25, 0.3) is 5.91 Å². The number of amides is 2. The summed E-state index contributed by atoms with van der Waals surface area (Å²) >= 11 is 0. The minimum atomic E-state index is -4.50. The second-order valence-electron chi connectivity index (χ2n) is 4.29. The summed E-state index contributed by atoms with van der Waals surface area (Å²) in [6.45, 7) is -0.570. The fourth-order valence-electron chi connectivity index (χ4n) is 1.54. The second-order valence-corrected chi connectivity index (χ2v) is 4.29. The Bertz CT molecular complexity index is 684. The average molecular weight is 328 g/mol. The monoisotopic (exact) mass is 328 g/mol. The number of hydrogen-bond donors (Lipinski definition) is 2. The van der Waals surface area contributed by atoms with Crippen molar-refractivity contribution in [2.45, 2.75) is 6.18 Å². The topological polar surface area (TPSA) is 80.6 Å². The molecular weight excluding hydrogens is 317 g/mol. The molecule has 0 bridgehead atoms. The molecule has 2 N–H and O–H groups in total. The van der Waals surface area contributed by atoms with Crippen LogP contribution in [0, 0.1) is 0 Å². The summed E-state index contributed by atoms with van der Waals surface area (Å²) in [4.78, 5) is 22.9. The van der Waals surface area contributed by atoms with Gasteiger partial charge < -0.3 is 9.15 Å². The molecule has 0 radical (unpaired) electrons. The molecule has 1 aromatic heterocycles. The number of alkyl halides is 3. The predicted molar refractivity (Wildman–Crippen MR) is 71.3 cm³/mol. The lowest BCUT2D eigenvalue weighted by atomic mass is 10.2. The summed E-state index contributed by atoms with van der Waals surface area (Å²) < 4.78 is 47.3. The van der Waals surface area contributed by atoms with E-state index in [4.69, 9.17) is 9.15 Å². The smallest absolute Gasteiger partial charge is 0.416 e. The van der Waals surface area contributed by atoms with Gasteiger partial charge in [-0.05, 0) is 30.3 Å². The minimum absolute atomic E-state index is 0.0101. The summed E-state index contributed by atoms with van der Waals surface area (Å²) in [5.74, 6) is -1.55. The number of carbonyl (C=O) groups is 2. The summed E-state index contributed by atoms with van der Waals surface area (Å²) in [6.07, 6.45) is -3.22. The highest BCUT2D eigenvalue weighted by Gasteiger charge is 2.30. The van der Waals surface area contributed by atoms with E-state index in [-0.39, 0.29) is 11.5 Å². The minimum Gasteiger partial charge on any atom is -0.484 e. The Morgan fingerprint density at radius 3 is 2.57 bits per heavy atom. The molecule has 2 amide bonds. The largest absolute Gasteiger partial charge is 0.484 e. The summed E-state index contributed by atoms with van der Waals surface area (Å²) in [5.41, 5.74) is 3.22. The number of hydrogen-bond acceptors (Lipinski definition) is 4. The Kier molecular flexibility index (Phi) is 4.89. The number of rotatable bonds is 4. The molecule has 1 aromatic carbocycles. The molecule has 0 aliphatic carbocycles. The molecule has 0 fully saturated rings. The molecule has 2 aromatic rings.